The summed E-state index contributed by atoms with van der Waals surface area (Å²) in [7, 11) is 0. The van der Waals surface area contributed by atoms with Crippen LogP contribution in [0, 0.1) is 5.92 Å². The lowest BCUT2D eigenvalue weighted by Crippen LogP contribution is -2.38. The van der Waals surface area contributed by atoms with E-state index in [9.17, 15) is 9.59 Å². The first-order valence-electron chi connectivity index (χ1n) is 16.8. The van der Waals surface area contributed by atoms with Crippen LogP contribution in [0.3, 0.4) is 0 Å². The third-order valence-electron chi connectivity index (χ3n) is 10.8. The molecule has 0 amide bonds. The van der Waals surface area contributed by atoms with E-state index in [1.54, 1.807) is 0 Å². The van der Waals surface area contributed by atoms with Crippen LogP contribution in [0.4, 0.5) is 0 Å². The second-order valence-electron chi connectivity index (χ2n) is 13.2. The third kappa shape index (κ3) is 4.57. The number of esters is 2. The van der Waals surface area contributed by atoms with Gasteiger partial charge in [-0.2, -0.15) is 0 Å². The van der Waals surface area contributed by atoms with Gasteiger partial charge in [-0.1, -0.05) is 126 Å². The van der Waals surface area contributed by atoms with E-state index in [4.69, 9.17) is 9.47 Å². The molecule has 0 radical (unpaired) electrons. The average molecular weight is 716 g/mol. The Hall–Kier alpha value is -5.52. The van der Waals surface area contributed by atoms with Gasteiger partial charge in [-0.25, -0.2) is 4.79 Å². The quantitative estimate of drug-likeness (QED) is 0.0978. The summed E-state index contributed by atoms with van der Waals surface area (Å²) in [6.07, 6.45) is 1.87. The SMILES string of the molecule is C=CC(=O)Oc1ccc(C2(c3ccc(OC(=O)C4CC5c6ccccc6C4c4ccc(Br)cc45)cc3)c3ccccc3-c3ccccc32)cc1. The van der Waals surface area contributed by atoms with Crippen molar-refractivity contribution in [3.8, 4) is 22.6 Å². The molecule has 0 aliphatic heterocycles. The van der Waals surface area contributed by atoms with Gasteiger partial charge in [0, 0.05) is 22.4 Å². The maximum absolute atomic E-state index is 14.1. The predicted molar refractivity (Wildman–Crippen MR) is 198 cm³/mol. The highest BCUT2D eigenvalue weighted by atomic mass is 79.9. The van der Waals surface area contributed by atoms with Gasteiger partial charge < -0.3 is 9.47 Å². The molecular formula is C45H31BrO4. The van der Waals surface area contributed by atoms with Crippen molar-refractivity contribution in [3.05, 3.63) is 201 Å². The molecule has 6 aromatic carbocycles. The summed E-state index contributed by atoms with van der Waals surface area (Å²) in [5.74, 6) is 0.0865. The fourth-order valence-electron chi connectivity index (χ4n) is 8.81. The second-order valence-corrected chi connectivity index (χ2v) is 14.1. The normalized spacial score (nSPS) is 18.6. The topological polar surface area (TPSA) is 52.6 Å². The Morgan fingerprint density at radius 1 is 0.640 bits per heavy atom. The summed E-state index contributed by atoms with van der Waals surface area (Å²) in [4.78, 5) is 26.0. The molecule has 0 saturated carbocycles. The van der Waals surface area contributed by atoms with Crippen molar-refractivity contribution in [1.82, 2.24) is 0 Å². The second kappa shape index (κ2) is 11.8. The third-order valence-corrected chi connectivity index (χ3v) is 11.3. The van der Waals surface area contributed by atoms with E-state index in [1.165, 1.54) is 33.4 Å². The standard InChI is InChI=1S/C45H31BrO4/c1-2-42(47)49-30-20-15-27(16-21-30)45(40-13-7-5-10-33(40)34-11-6-8-14-41(34)45)28-17-22-31(23-18-28)50-44(48)39-26-38-32-9-3-4-12-35(32)43(39)36-24-19-29(46)25-37(36)38/h2-25,38-39,43H,1,26H2. The molecule has 0 saturated heterocycles. The van der Waals surface area contributed by atoms with Crippen LogP contribution in [0.2, 0.25) is 0 Å². The summed E-state index contributed by atoms with van der Waals surface area (Å²) in [6.45, 7) is 3.51. The summed E-state index contributed by atoms with van der Waals surface area (Å²) in [6, 6.07) is 47.6. The van der Waals surface area contributed by atoms with Crippen molar-refractivity contribution >= 4 is 27.9 Å². The lowest BCUT2D eigenvalue weighted by atomic mass is 9.59. The molecule has 0 N–H and O–H groups in total. The molecule has 242 valence electrons. The molecule has 0 spiro atoms. The van der Waals surface area contributed by atoms with Crippen LogP contribution in [0.15, 0.2) is 157 Å². The highest BCUT2D eigenvalue weighted by molar-refractivity contribution is 9.10. The van der Waals surface area contributed by atoms with Gasteiger partial charge in [-0.05, 0) is 98.5 Å². The number of benzene rings is 6. The van der Waals surface area contributed by atoms with Gasteiger partial charge in [0.2, 0.25) is 0 Å². The van der Waals surface area contributed by atoms with Gasteiger partial charge in [0.1, 0.15) is 11.5 Å². The van der Waals surface area contributed by atoms with Gasteiger partial charge in [0.15, 0.2) is 0 Å². The van der Waals surface area contributed by atoms with Gasteiger partial charge in [-0.3, -0.25) is 4.79 Å². The Kier molecular flexibility index (Phi) is 7.22. The van der Waals surface area contributed by atoms with Crippen molar-refractivity contribution < 1.29 is 19.1 Å². The van der Waals surface area contributed by atoms with Crippen LogP contribution in [0.1, 0.15) is 62.8 Å². The fraction of sp³-hybridized carbons (Fsp3) is 0.111. The van der Waals surface area contributed by atoms with E-state index in [-0.39, 0.29) is 23.7 Å². The summed E-state index contributed by atoms with van der Waals surface area (Å²) in [5.41, 5.74) is 11.1. The van der Waals surface area contributed by atoms with Crippen molar-refractivity contribution in [3.63, 3.8) is 0 Å². The van der Waals surface area contributed by atoms with E-state index < -0.39 is 11.4 Å². The van der Waals surface area contributed by atoms with Crippen LogP contribution in [-0.4, -0.2) is 11.9 Å². The molecule has 3 atom stereocenters. The number of rotatable bonds is 6. The van der Waals surface area contributed by atoms with E-state index >= 15 is 0 Å². The van der Waals surface area contributed by atoms with E-state index in [2.05, 4.69) is 126 Å². The molecule has 3 unspecified atom stereocenters. The van der Waals surface area contributed by atoms with Gasteiger partial charge >= 0.3 is 11.9 Å². The molecule has 4 aliphatic rings. The first-order valence-corrected chi connectivity index (χ1v) is 17.6. The maximum atomic E-state index is 14.1. The van der Waals surface area contributed by atoms with Crippen molar-refractivity contribution in [2.24, 2.45) is 5.92 Å². The molecule has 0 heterocycles. The highest BCUT2D eigenvalue weighted by Gasteiger charge is 2.48. The summed E-state index contributed by atoms with van der Waals surface area (Å²) < 4.78 is 12.7. The number of halogens is 1. The Balaban J connectivity index is 1.09. The zero-order valence-corrected chi connectivity index (χ0v) is 28.6. The lowest BCUT2D eigenvalue weighted by Gasteiger charge is -2.44. The molecule has 2 bridgehead atoms. The smallest absolute Gasteiger partial charge is 0.335 e. The number of carbonyl (C=O) groups is 2. The largest absolute Gasteiger partial charge is 0.426 e. The number of ether oxygens (including phenoxy) is 2. The Bertz CT molecular complexity index is 2290. The zero-order chi connectivity index (χ0) is 34.0. The van der Waals surface area contributed by atoms with E-state index in [0.29, 0.717) is 11.5 Å². The van der Waals surface area contributed by atoms with Crippen molar-refractivity contribution in [2.45, 2.75) is 23.7 Å². The van der Waals surface area contributed by atoms with Gasteiger partial charge in [-0.15, -0.1) is 0 Å². The Morgan fingerprint density at radius 2 is 1.18 bits per heavy atom. The highest BCUT2D eigenvalue weighted by Crippen LogP contribution is 2.57. The molecule has 6 aromatic rings. The maximum Gasteiger partial charge on any atom is 0.335 e. The molecule has 5 heteroatoms. The van der Waals surface area contributed by atoms with Gasteiger partial charge in [0.25, 0.3) is 0 Å². The van der Waals surface area contributed by atoms with Crippen LogP contribution >= 0.6 is 15.9 Å². The average Bonchev–Trinajstić information content (AvgIpc) is 3.46. The lowest BCUT2D eigenvalue weighted by molar-refractivity contribution is -0.140. The molecule has 4 aliphatic carbocycles. The first kappa shape index (κ1) is 30.5. The summed E-state index contributed by atoms with van der Waals surface area (Å²) >= 11 is 3.66. The molecule has 50 heavy (non-hydrogen) atoms. The predicted octanol–water partition coefficient (Wildman–Crippen LogP) is 10.1. The molecule has 4 nitrogen and oxygen atoms in total. The molecule has 0 fully saturated rings. The number of fused-ring (bicyclic) bond motifs is 4. The zero-order valence-electron chi connectivity index (χ0n) is 27.0. The van der Waals surface area contributed by atoms with Crippen LogP contribution in [-0.2, 0) is 15.0 Å². The van der Waals surface area contributed by atoms with Crippen molar-refractivity contribution in [2.75, 3.05) is 0 Å². The van der Waals surface area contributed by atoms with E-state index in [1.807, 2.05) is 36.4 Å². The minimum atomic E-state index is -0.652. The van der Waals surface area contributed by atoms with Crippen LogP contribution in [0.25, 0.3) is 11.1 Å². The molecule has 10 rings (SSSR count). The Morgan fingerprint density at radius 3 is 1.80 bits per heavy atom. The Labute approximate surface area is 299 Å². The van der Waals surface area contributed by atoms with Crippen LogP contribution < -0.4 is 9.47 Å². The number of carbonyl (C=O) groups excluding carboxylic acids is 2. The minimum absolute atomic E-state index is 0.0467. The molecular weight excluding hydrogens is 684 g/mol. The minimum Gasteiger partial charge on any atom is -0.426 e. The number of hydrogen-bond acceptors (Lipinski definition) is 4. The van der Waals surface area contributed by atoms with E-state index in [0.717, 1.165) is 39.2 Å². The van der Waals surface area contributed by atoms with Gasteiger partial charge in [0.05, 0.1) is 11.3 Å². The molecule has 0 aromatic heterocycles. The fourth-order valence-corrected chi connectivity index (χ4v) is 9.19. The van der Waals surface area contributed by atoms with Crippen LogP contribution in [0.5, 0.6) is 11.5 Å². The van der Waals surface area contributed by atoms with Crippen molar-refractivity contribution in [1.29, 1.82) is 0 Å². The summed E-state index contributed by atoms with van der Waals surface area (Å²) in [5, 5.41) is 0. The number of hydrogen-bond donors (Lipinski definition) is 0. The first-order chi connectivity index (χ1) is 24.5. The monoisotopic (exact) mass is 714 g/mol.